The zero-order chi connectivity index (χ0) is 27.0. The lowest BCUT2D eigenvalue weighted by atomic mass is 10.1. The highest BCUT2D eigenvalue weighted by Gasteiger charge is 2.10. The molecule has 0 aromatic heterocycles. The molecule has 0 fully saturated rings. The SMILES string of the molecule is CC(=O)O.OCc1cc([C@@H](O)CNCCc2ccc(OCCOCc3ccc(F)cc3)cc2)ccc1O. The van der Waals surface area contributed by atoms with Crippen molar-refractivity contribution < 1.29 is 39.1 Å². The molecule has 37 heavy (non-hydrogen) atoms. The Morgan fingerprint density at radius 3 is 2.30 bits per heavy atom. The Balaban J connectivity index is 0.00000112. The molecule has 0 unspecified atom stereocenters. The lowest BCUT2D eigenvalue weighted by Gasteiger charge is -2.14. The van der Waals surface area contributed by atoms with E-state index >= 15 is 0 Å². The van der Waals surface area contributed by atoms with Gasteiger partial charge in [0.05, 0.1) is 25.9 Å². The predicted molar refractivity (Wildman–Crippen MR) is 137 cm³/mol. The number of aliphatic carboxylic acids is 1. The van der Waals surface area contributed by atoms with Gasteiger partial charge < -0.3 is 35.2 Å². The monoisotopic (exact) mass is 515 g/mol. The highest BCUT2D eigenvalue weighted by atomic mass is 19.1. The Hall–Kier alpha value is -3.50. The molecule has 0 aliphatic rings. The van der Waals surface area contributed by atoms with Crippen molar-refractivity contribution >= 4 is 5.97 Å². The fourth-order valence-corrected chi connectivity index (χ4v) is 3.27. The van der Waals surface area contributed by atoms with Gasteiger partial charge in [0.25, 0.3) is 5.97 Å². The minimum absolute atomic E-state index is 0.0198. The third-order valence-corrected chi connectivity index (χ3v) is 5.19. The van der Waals surface area contributed by atoms with Gasteiger partial charge in [0, 0.05) is 19.0 Å². The van der Waals surface area contributed by atoms with E-state index in [2.05, 4.69) is 5.32 Å². The summed E-state index contributed by atoms with van der Waals surface area (Å²) >= 11 is 0. The second-order valence-electron chi connectivity index (χ2n) is 8.21. The highest BCUT2D eigenvalue weighted by Crippen LogP contribution is 2.22. The third kappa shape index (κ3) is 11.9. The number of carboxylic acid groups (broad SMARTS) is 1. The van der Waals surface area contributed by atoms with Crippen molar-refractivity contribution in [2.75, 3.05) is 26.3 Å². The number of ether oxygens (including phenoxy) is 2. The number of nitrogens with one attached hydrogen (secondary N) is 1. The normalized spacial score (nSPS) is 11.4. The largest absolute Gasteiger partial charge is 0.508 e. The molecule has 0 aliphatic heterocycles. The molecule has 0 saturated heterocycles. The first-order valence-corrected chi connectivity index (χ1v) is 11.8. The van der Waals surface area contributed by atoms with Crippen molar-refractivity contribution in [3.05, 3.63) is 94.8 Å². The van der Waals surface area contributed by atoms with Crippen LogP contribution in [0.1, 0.15) is 35.3 Å². The van der Waals surface area contributed by atoms with Crippen LogP contribution < -0.4 is 10.1 Å². The highest BCUT2D eigenvalue weighted by molar-refractivity contribution is 5.62. The Morgan fingerprint density at radius 1 is 1.00 bits per heavy atom. The predicted octanol–water partition coefficient (Wildman–Crippen LogP) is 3.58. The molecule has 3 aromatic rings. The quantitative estimate of drug-likeness (QED) is 0.219. The summed E-state index contributed by atoms with van der Waals surface area (Å²) in [5.74, 6) is -0.309. The Morgan fingerprint density at radius 2 is 1.65 bits per heavy atom. The summed E-state index contributed by atoms with van der Waals surface area (Å²) < 4.78 is 24.1. The molecule has 0 amide bonds. The Labute approximate surface area is 215 Å². The van der Waals surface area contributed by atoms with Crippen molar-refractivity contribution in [3.63, 3.8) is 0 Å². The van der Waals surface area contributed by atoms with Gasteiger partial charge in [-0.2, -0.15) is 0 Å². The lowest BCUT2D eigenvalue weighted by Crippen LogP contribution is -2.23. The van der Waals surface area contributed by atoms with E-state index in [1.807, 2.05) is 24.3 Å². The fourth-order valence-electron chi connectivity index (χ4n) is 3.27. The number of aliphatic hydroxyl groups is 2. The van der Waals surface area contributed by atoms with E-state index in [1.54, 1.807) is 24.3 Å². The molecular formula is C28H34FNO7. The van der Waals surface area contributed by atoms with Crippen LogP contribution in [0.2, 0.25) is 0 Å². The van der Waals surface area contributed by atoms with Crippen molar-refractivity contribution in [1.29, 1.82) is 0 Å². The second-order valence-corrected chi connectivity index (χ2v) is 8.21. The van der Waals surface area contributed by atoms with Gasteiger partial charge in [-0.1, -0.05) is 30.3 Å². The fraction of sp³-hybridized carbons (Fsp3) is 0.321. The van der Waals surface area contributed by atoms with Crippen LogP contribution in [0.5, 0.6) is 11.5 Å². The van der Waals surface area contributed by atoms with E-state index in [9.17, 15) is 19.7 Å². The maximum absolute atomic E-state index is 12.9. The number of benzene rings is 3. The number of hydrogen-bond acceptors (Lipinski definition) is 7. The van der Waals surface area contributed by atoms with Crippen LogP contribution in [-0.2, 0) is 29.2 Å². The van der Waals surface area contributed by atoms with E-state index in [1.165, 1.54) is 18.2 Å². The Bertz CT molecular complexity index is 1070. The first-order chi connectivity index (χ1) is 17.8. The van der Waals surface area contributed by atoms with E-state index in [0.29, 0.717) is 44.0 Å². The van der Waals surface area contributed by atoms with E-state index in [4.69, 9.17) is 19.4 Å². The van der Waals surface area contributed by atoms with Crippen molar-refractivity contribution in [1.82, 2.24) is 5.32 Å². The van der Waals surface area contributed by atoms with Gasteiger partial charge in [0.15, 0.2) is 0 Å². The summed E-state index contributed by atoms with van der Waals surface area (Å²) in [6.45, 7) is 3.15. The van der Waals surface area contributed by atoms with Gasteiger partial charge in [0.1, 0.15) is 23.9 Å². The minimum Gasteiger partial charge on any atom is -0.508 e. The summed E-state index contributed by atoms with van der Waals surface area (Å²) in [6, 6.07) is 18.8. The molecule has 0 saturated carbocycles. The summed E-state index contributed by atoms with van der Waals surface area (Å²) in [7, 11) is 0. The molecular weight excluding hydrogens is 481 g/mol. The number of carbonyl (C=O) groups is 1. The molecule has 0 heterocycles. The molecule has 9 heteroatoms. The topological polar surface area (TPSA) is 128 Å². The summed E-state index contributed by atoms with van der Waals surface area (Å²) in [6.07, 6.45) is 0.0718. The third-order valence-electron chi connectivity index (χ3n) is 5.19. The molecule has 0 aliphatic carbocycles. The number of aliphatic hydroxyl groups excluding tert-OH is 2. The van der Waals surface area contributed by atoms with Crippen molar-refractivity contribution in [3.8, 4) is 11.5 Å². The van der Waals surface area contributed by atoms with Gasteiger partial charge in [-0.25, -0.2) is 4.39 Å². The van der Waals surface area contributed by atoms with E-state index < -0.39 is 12.1 Å². The zero-order valence-electron chi connectivity index (χ0n) is 20.8. The van der Waals surface area contributed by atoms with Gasteiger partial charge >= 0.3 is 0 Å². The average molecular weight is 516 g/mol. The van der Waals surface area contributed by atoms with Crippen LogP contribution in [0.4, 0.5) is 4.39 Å². The molecule has 1 atom stereocenters. The standard InChI is InChI=1S/C26H30FNO5.C2H4O2/c27-23-6-1-20(2-7-23)18-32-13-14-33-24-8-3-19(4-9-24)11-12-28-16-26(31)21-5-10-25(30)22(15-21)17-29;1-2(3)4/h1-10,15,26,28-31H,11-14,16-18H2;1H3,(H,3,4)/t26-;/m0./s1. The molecule has 0 spiro atoms. The number of rotatable bonds is 13. The van der Waals surface area contributed by atoms with Gasteiger partial charge in [0.2, 0.25) is 0 Å². The van der Waals surface area contributed by atoms with Crippen LogP contribution in [0.25, 0.3) is 0 Å². The first kappa shape index (κ1) is 29.7. The van der Waals surface area contributed by atoms with Crippen LogP contribution in [0.3, 0.4) is 0 Å². The van der Waals surface area contributed by atoms with Gasteiger partial charge in [-0.05, 0) is 66.1 Å². The van der Waals surface area contributed by atoms with Gasteiger partial charge in [-0.15, -0.1) is 0 Å². The number of halogens is 1. The van der Waals surface area contributed by atoms with E-state index in [-0.39, 0.29) is 18.2 Å². The molecule has 0 radical (unpaired) electrons. The maximum atomic E-state index is 12.9. The molecule has 3 aromatic carbocycles. The summed E-state index contributed by atoms with van der Waals surface area (Å²) in [5.41, 5.74) is 3.10. The summed E-state index contributed by atoms with van der Waals surface area (Å²) in [5, 5.41) is 39.8. The van der Waals surface area contributed by atoms with Crippen molar-refractivity contribution in [2.45, 2.75) is 32.7 Å². The van der Waals surface area contributed by atoms with Gasteiger partial charge in [-0.3, -0.25) is 4.79 Å². The maximum Gasteiger partial charge on any atom is 0.300 e. The molecule has 5 N–H and O–H groups in total. The number of phenols is 1. The van der Waals surface area contributed by atoms with Crippen LogP contribution >= 0.6 is 0 Å². The molecule has 3 rings (SSSR count). The number of carboxylic acids is 1. The molecule has 8 nitrogen and oxygen atoms in total. The lowest BCUT2D eigenvalue weighted by molar-refractivity contribution is -0.134. The van der Waals surface area contributed by atoms with Crippen LogP contribution in [-0.4, -0.2) is 52.7 Å². The smallest absolute Gasteiger partial charge is 0.300 e. The first-order valence-electron chi connectivity index (χ1n) is 11.8. The number of hydrogen-bond donors (Lipinski definition) is 5. The zero-order valence-corrected chi connectivity index (χ0v) is 20.8. The number of aromatic hydroxyl groups is 1. The molecule has 200 valence electrons. The van der Waals surface area contributed by atoms with Crippen LogP contribution in [0.15, 0.2) is 66.7 Å². The summed E-state index contributed by atoms with van der Waals surface area (Å²) in [4.78, 5) is 9.00. The minimum atomic E-state index is -0.833. The average Bonchev–Trinajstić information content (AvgIpc) is 2.88. The second kappa shape index (κ2) is 16.3. The molecule has 0 bridgehead atoms. The van der Waals surface area contributed by atoms with Crippen molar-refractivity contribution in [2.24, 2.45) is 0 Å². The Kier molecular flexibility index (Phi) is 13.1. The van der Waals surface area contributed by atoms with Crippen LogP contribution in [0, 0.1) is 5.82 Å². The van der Waals surface area contributed by atoms with E-state index in [0.717, 1.165) is 30.2 Å².